The van der Waals surface area contributed by atoms with Crippen LogP contribution in [-0.4, -0.2) is 10.9 Å². The van der Waals surface area contributed by atoms with Crippen molar-refractivity contribution in [1.82, 2.24) is 4.98 Å². The molecule has 2 aromatic rings. The third kappa shape index (κ3) is 3.86. The Hall–Kier alpha value is -2.27. The Morgan fingerprint density at radius 3 is 3.00 bits per heavy atom. The molecule has 3 nitrogen and oxygen atoms in total. The third-order valence-electron chi connectivity index (χ3n) is 2.41. The molecule has 0 saturated heterocycles. The van der Waals surface area contributed by atoms with Gasteiger partial charge >= 0.3 is 0 Å². The fourth-order valence-electron chi connectivity index (χ4n) is 1.51. The van der Waals surface area contributed by atoms with Gasteiger partial charge in [0.2, 0.25) is 5.91 Å². The van der Waals surface area contributed by atoms with Gasteiger partial charge in [-0.3, -0.25) is 10.1 Å². The normalized spacial score (nSPS) is 11.3. The highest BCUT2D eigenvalue weighted by Crippen LogP contribution is 2.25. The van der Waals surface area contributed by atoms with Crippen molar-refractivity contribution in [3.63, 3.8) is 0 Å². The summed E-state index contributed by atoms with van der Waals surface area (Å²) in [5.41, 5.74) is 1.33. The van der Waals surface area contributed by atoms with Crippen molar-refractivity contribution in [3.8, 4) is 11.3 Å². The summed E-state index contributed by atoms with van der Waals surface area (Å²) in [7, 11) is 0. The van der Waals surface area contributed by atoms with Crippen LogP contribution in [0.4, 0.5) is 9.52 Å². The van der Waals surface area contributed by atoms with Crippen LogP contribution in [0.3, 0.4) is 0 Å². The molecule has 0 atom stereocenters. The first-order chi connectivity index (χ1) is 9.69. The standard InChI is InChI=1S/C15H13FN2OS/c1-2-3-4-8-14(19)18-15-17-13(10-20-15)11-6-5-7-12(16)9-11/h2-10H,1H3,(H,17,18,19)/b3-2+,8-4+. The van der Waals surface area contributed by atoms with Gasteiger partial charge in [-0.05, 0) is 19.1 Å². The monoisotopic (exact) mass is 288 g/mol. The fourth-order valence-corrected chi connectivity index (χ4v) is 2.24. The highest BCUT2D eigenvalue weighted by molar-refractivity contribution is 7.14. The molecule has 102 valence electrons. The second-order valence-electron chi connectivity index (χ2n) is 3.92. The molecule has 0 aliphatic rings. The highest BCUT2D eigenvalue weighted by Gasteiger charge is 2.06. The lowest BCUT2D eigenvalue weighted by molar-refractivity contribution is -0.111. The number of thiazole rings is 1. The van der Waals surface area contributed by atoms with E-state index in [1.807, 2.05) is 13.0 Å². The van der Waals surface area contributed by atoms with Gasteiger partial charge < -0.3 is 0 Å². The molecular formula is C15H13FN2OS. The molecule has 0 aliphatic heterocycles. The van der Waals surface area contributed by atoms with Gasteiger partial charge in [-0.25, -0.2) is 9.37 Å². The SMILES string of the molecule is C/C=C/C=C/C(=O)Nc1nc(-c2cccc(F)c2)cs1. The minimum atomic E-state index is -0.310. The third-order valence-corrected chi connectivity index (χ3v) is 3.16. The van der Waals surface area contributed by atoms with Gasteiger partial charge in [0.05, 0.1) is 5.69 Å². The Morgan fingerprint density at radius 1 is 1.40 bits per heavy atom. The van der Waals surface area contributed by atoms with E-state index in [0.29, 0.717) is 16.4 Å². The van der Waals surface area contributed by atoms with Crippen LogP contribution in [0.1, 0.15) is 6.92 Å². The molecule has 1 aromatic carbocycles. The van der Waals surface area contributed by atoms with E-state index in [-0.39, 0.29) is 11.7 Å². The molecule has 0 spiro atoms. The van der Waals surface area contributed by atoms with Crippen molar-refractivity contribution in [2.24, 2.45) is 0 Å². The Morgan fingerprint density at radius 2 is 2.25 bits per heavy atom. The number of halogens is 1. The molecule has 5 heteroatoms. The van der Waals surface area contributed by atoms with E-state index in [2.05, 4.69) is 10.3 Å². The topological polar surface area (TPSA) is 42.0 Å². The number of nitrogens with zero attached hydrogens (tertiary/aromatic N) is 1. The van der Waals surface area contributed by atoms with E-state index >= 15 is 0 Å². The zero-order valence-electron chi connectivity index (χ0n) is 10.8. The summed E-state index contributed by atoms with van der Waals surface area (Å²) in [4.78, 5) is 15.8. The average Bonchev–Trinajstić information content (AvgIpc) is 2.87. The molecule has 20 heavy (non-hydrogen) atoms. The van der Waals surface area contributed by atoms with Crippen molar-refractivity contribution in [3.05, 3.63) is 59.8 Å². The lowest BCUT2D eigenvalue weighted by atomic mass is 10.2. The van der Waals surface area contributed by atoms with Gasteiger partial charge in [0.1, 0.15) is 5.82 Å². The van der Waals surface area contributed by atoms with Crippen LogP contribution in [0, 0.1) is 5.82 Å². The lowest BCUT2D eigenvalue weighted by Crippen LogP contribution is -2.07. The molecular weight excluding hydrogens is 275 g/mol. The maximum absolute atomic E-state index is 13.1. The zero-order valence-corrected chi connectivity index (χ0v) is 11.7. The number of amides is 1. The molecule has 1 N–H and O–H groups in total. The summed E-state index contributed by atoms with van der Waals surface area (Å²) in [5.74, 6) is -0.557. The van der Waals surface area contributed by atoms with Crippen LogP contribution in [0.5, 0.6) is 0 Å². The summed E-state index contributed by atoms with van der Waals surface area (Å²) in [6.45, 7) is 1.87. The van der Waals surface area contributed by atoms with E-state index in [1.165, 1.54) is 29.5 Å². The van der Waals surface area contributed by atoms with E-state index in [1.54, 1.807) is 29.7 Å². The summed E-state index contributed by atoms with van der Waals surface area (Å²) in [6.07, 6.45) is 6.66. The Labute approximate surface area is 120 Å². The molecule has 1 amide bonds. The van der Waals surface area contributed by atoms with Crippen molar-refractivity contribution in [2.75, 3.05) is 5.32 Å². The number of rotatable bonds is 4. The minimum Gasteiger partial charge on any atom is -0.298 e. The summed E-state index contributed by atoms with van der Waals surface area (Å²) in [6, 6.07) is 6.19. The molecule has 0 radical (unpaired) electrons. The average molecular weight is 288 g/mol. The van der Waals surface area contributed by atoms with Crippen molar-refractivity contribution < 1.29 is 9.18 Å². The van der Waals surface area contributed by atoms with E-state index in [0.717, 1.165) is 0 Å². The first-order valence-electron chi connectivity index (χ1n) is 6.01. The van der Waals surface area contributed by atoms with Gasteiger partial charge in [0, 0.05) is 17.0 Å². The van der Waals surface area contributed by atoms with E-state index < -0.39 is 0 Å². The number of allylic oxidation sites excluding steroid dienone is 3. The minimum absolute atomic E-state index is 0.247. The molecule has 0 aliphatic carbocycles. The number of carbonyl (C=O) groups is 1. The molecule has 0 saturated carbocycles. The Kier molecular flexibility index (Phi) is 4.79. The quantitative estimate of drug-likeness (QED) is 0.682. The smallest absolute Gasteiger partial charge is 0.250 e. The predicted octanol–water partition coefficient (Wildman–Crippen LogP) is 4.02. The van der Waals surface area contributed by atoms with Crippen LogP contribution in [0.2, 0.25) is 0 Å². The second kappa shape index (κ2) is 6.77. The Bertz CT molecular complexity index is 661. The van der Waals surface area contributed by atoms with Gasteiger partial charge in [0.15, 0.2) is 5.13 Å². The maximum atomic E-state index is 13.1. The molecule has 1 heterocycles. The Balaban J connectivity index is 2.08. The van der Waals surface area contributed by atoms with Crippen LogP contribution in [0.15, 0.2) is 53.9 Å². The molecule has 0 unspecified atom stereocenters. The molecule has 2 rings (SSSR count). The van der Waals surface area contributed by atoms with E-state index in [4.69, 9.17) is 0 Å². The number of hydrogen-bond donors (Lipinski definition) is 1. The highest BCUT2D eigenvalue weighted by atomic mass is 32.1. The van der Waals surface area contributed by atoms with Crippen molar-refractivity contribution >= 4 is 22.4 Å². The summed E-state index contributed by atoms with van der Waals surface area (Å²) < 4.78 is 13.1. The van der Waals surface area contributed by atoms with Crippen molar-refractivity contribution in [1.29, 1.82) is 0 Å². The number of hydrogen-bond acceptors (Lipinski definition) is 3. The number of nitrogens with one attached hydrogen (secondary N) is 1. The van der Waals surface area contributed by atoms with Crippen LogP contribution in [0.25, 0.3) is 11.3 Å². The van der Waals surface area contributed by atoms with Gasteiger partial charge in [0.25, 0.3) is 0 Å². The molecule has 1 aromatic heterocycles. The fraction of sp³-hybridized carbons (Fsp3) is 0.0667. The molecule has 0 fully saturated rings. The van der Waals surface area contributed by atoms with Crippen LogP contribution in [-0.2, 0) is 4.79 Å². The van der Waals surface area contributed by atoms with Crippen LogP contribution < -0.4 is 5.32 Å². The van der Waals surface area contributed by atoms with Gasteiger partial charge in [-0.2, -0.15) is 0 Å². The second-order valence-corrected chi connectivity index (χ2v) is 4.78. The zero-order chi connectivity index (χ0) is 14.4. The number of aromatic nitrogens is 1. The lowest BCUT2D eigenvalue weighted by Gasteiger charge is -1.97. The summed E-state index contributed by atoms with van der Waals surface area (Å²) in [5, 5.41) is 4.92. The number of benzene rings is 1. The molecule has 0 bridgehead atoms. The number of carbonyl (C=O) groups excluding carboxylic acids is 1. The van der Waals surface area contributed by atoms with Gasteiger partial charge in [-0.15, -0.1) is 11.3 Å². The maximum Gasteiger partial charge on any atom is 0.250 e. The first-order valence-corrected chi connectivity index (χ1v) is 6.89. The van der Waals surface area contributed by atoms with Gasteiger partial charge in [-0.1, -0.05) is 30.4 Å². The van der Waals surface area contributed by atoms with E-state index in [9.17, 15) is 9.18 Å². The van der Waals surface area contributed by atoms with Crippen molar-refractivity contribution in [2.45, 2.75) is 6.92 Å². The largest absolute Gasteiger partial charge is 0.298 e. The number of anilines is 1. The predicted molar refractivity (Wildman–Crippen MR) is 80.1 cm³/mol. The summed E-state index contributed by atoms with van der Waals surface area (Å²) >= 11 is 1.30. The first kappa shape index (κ1) is 14.1. The van der Waals surface area contributed by atoms with Crippen LogP contribution >= 0.6 is 11.3 Å².